The van der Waals surface area contributed by atoms with Crippen LogP contribution in [0, 0.1) is 11.8 Å². The molecule has 10 nitrogen and oxygen atoms in total. The van der Waals surface area contributed by atoms with E-state index in [1.807, 2.05) is 0 Å². The molecule has 0 fully saturated rings. The van der Waals surface area contributed by atoms with Gasteiger partial charge in [-0.25, -0.2) is 14.6 Å². The molecule has 3 aromatic rings. The summed E-state index contributed by atoms with van der Waals surface area (Å²) >= 11 is 0. The van der Waals surface area contributed by atoms with Gasteiger partial charge >= 0.3 is 11.7 Å². The van der Waals surface area contributed by atoms with Gasteiger partial charge in [-0.05, 0) is 24.0 Å². The normalized spacial score (nSPS) is 12.3. The van der Waals surface area contributed by atoms with Crippen molar-refractivity contribution >= 4 is 17.1 Å². The molecule has 0 bridgehead atoms. The number of aliphatic hydroxyl groups excluding tert-OH is 1. The Hall–Kier alpha value is -3.24. The molecule has 2 aromatic heterocycles. The number of hydrogen-bond donors (Lipinski definition) is 2. The Labute approximate surface area is 205 Å². The van der Waals surface area contributed by atoms with Gasteiger partial charge in [0, 0.05) is 33.7 Å². The summed E-state index contributed by atoms with van der Waals surface area (Å²) < 4.78 is 4.06. The van der Waals surface area contributed by atoms with Crippen LogP contribution in [0.4, 0.5) is 0 Å². The second kappa shape index (κ2) is 12.5. The molecule has 0 amide bonds. The third kappa shape index (κ3) is 7.63. The molecule has 0 radical (unpaired) electrons. The van der Waals surface area contributed by atoms with Gasteiger partial charge in [0.15, 0.2) is 11.2 Å². The maximum Gasteiger partial charge on any atom is 0.335 e. The molecule has 0 spiro atoms. The Kier molecular flexibility index (Phi) is 9.97. The van der Waals surface area contributed by atoms with Crippen molar-refractivity contribution in [1.29, 1.82) is 0 Å². The summed E-state index contributed by atoms with van der Waals surface area (Å²) in [6.45, 7) is 11.3. The molecular weight excluding hydrogens is 450 g/mol. The molecule has 35 heavy (non-hydrogen) atoms. The number of hydrogen-bond acceptors (Lipinski definition) is 6. The first-order valence-electron chi connectivity index (χ1n) is 11.7. The average Bonchev–Trinajstić information content (AvgIpc) is 3.19. The molecule has 2 N–H and O–H groups in total. The first-order chi connectivity index (χ1) is 16.4. The molecule has 2 heterocycles. The summed E-state index contributed by atoms with van der Waals surface area (Å²) in [7, 11) is 3.04. The highest BCUT2D eigenvalue weighted by atomic mass is 16.4. The van der Waals surface area contributed by atoms with E-state index in [1.165, 1.54) is 17.9 Å². The molecule has 0 saturated heterocycles. The van der Waals surface area contributed by atoms with Gasteiger partial charge in [-0.15, -0.1) is 0 Å². The molecule has 192 valence electrons. The van der Waals surface area contributed by atoms with Crippen LogP contribution in [0.25, 0.3) is 11.2 Å². The van der Waals surface area contributed by atoms with Crippen molar-refractivity contribution in [3.63, 3.8) is 0 Å². The summed E-state index contributed by atoms with van der Waals surface area (Å²) in [5.41, 5.74) is 0.208. The molecular formula is C25H37N5O5. The van der Waals surface area contributed by atoms with Crippen molar-refractivity contribution in [2.75, 3.05) is 19.6 Å². The highest BCUT2D eigenvalue weighted by Gasteiger charge is 2.19. The maximum atomic E-state index is 12.5. The second-order valence-corrected chi connectivity index (χ2v) is 9.61. The molecule has 1 aromatic carbocycles. The number of aryl methyl sites for hydroxylation is 1. The molecule has 0 aliphatic carbocycles. The Morgan fingerprint density at radius 2 is 1.54 bits per heavy atom. The first kappa shape index (κ1) is 28.0. The van der Waals surface area contributed by atoms with Gasteiger partial charge in [0.05, 0.1) is 24.5 Å². The summed E-state index contributed by atoms with van der Waals surface area (Å²) in [6.07, 6.45) is 0.885. The topological polar surface area (TPSA) is 123 Å². The fourth-order valence-corrected chi connectivity index (χ4v) is 3.96. The Bertz CT molecular complexity index is 1220. The minimum absolute atomic E-state index is 0.261. The van der Waals surface area contributed by atoms with Crippen LogP contribution in [0.5, 0.6) is 0 Å². The Balaban J connectivity index is 0.000000402. The van der Waals surface area contributed by atoms with E-state index in [9.17, 15) is 19.5 Å². The van der Waals surface area contributed by atoms with Gasteiger partial charge in [0.25, 0.3) is 5.56 Å². The van der Waals surface area contributed by atoms with Gasteiger partial charge in [0.2, 0.25) is 0 Å². The second-order valence-electron chi connectivity index (χ2n) is 9.61. The molecule has 1 atom stereocenters. The molecule has 0 aliphatic heterocycles. The number of rotatable bonds is 9. The number of carbonyl (C=O) groups is 1. The van der Waals surface area contributed by atoms with Gasteiger partial charge in [0.1, 0.15) is 0 Å². The monoisotopic (exact) mass is 487 g/mol. The summed E-state index contributed by atoms with van der Waals surface area (Å²) in [5.74, 6) is 0.143. The first-order valence-corrected chi connectivity index (χ1v) is 11.7. The number of benzene rings is 1. The summed E-state index contributed by atoms with van der Waals surface area (Å²) in [4.78, 5) is 41.1. The quantitative estimate of drug-likeness (QED) is 0.472. The average molecular weight is 488 g/mol. The number of imidazole rings is 1. The van der Waals surface area contributed by atoms with Crippen molar-refractivity contribution in [2.45, 2.75) is 40.3 Å². The minimum atomic E-state index is -0.879. The van der Waals surface area contributed by atoms with Crippen molar-refractivity contribution in [1.82, 2.24) is 23.6 Å². The van der Waals surface area contributed by atoms with Crippen LogP contribution in [0.2, 0.25) is 0 Å². The zero-order chi connectivity index (χ0) is 26.3. The zero-order valence-corrected chi connectivity index (χ0v) is 21.4. The van der Waals surface area contributed by atoms with Crippen molar-refractivity contribution in [2.24, 2.45) is 25.9 Å². The van der Waals surface area contributed by atoms with Gasteiger partial charge in [-0.3, -0.25) is 13.9 Å². The Morgan fingerprint density at radius 3 is 2.03 bits per heavy atom. The van der Waals surface area contributed by atoms with E-state index in [-0.39, 0.29) is 6.54 Å². The van der Waals surface area contributed by atoms with Crippen LogP contribution >= 0.6 is 0 Å². The molecule has 1 unspecified atom stereocenters. The van der Waals surface area contributed by atoms with E-state index in [1.54, 1.807) is 41.9 Å². The van der Waals surface area contributed by atoms with E-state index in [4.69, 9.17) is 5.11 Å². The molecule has 3 rings (SSSR count). The molecule has 0 aliphatic rings. The number of fused-ring (bicyclic) bond motifs is 1. The lowest BCUT2D eigenvalue weighted by Crippen LogP contribution is -2.40. The van der Waals surface area contributed by atoms with E-state index >= 15 is 0 Å². The Morgan fingerprint density at radius 1 is 0.971 bits per heavy atom. The highest BCUT2D eigenvalue weighted by molar-refractivity contribution is 5.87. The van der Waals surface area contributed by atoms with Crippen molar-refractivity contribution < 1.29 is 15.0 Å². The maximum absolute atomic E-state index is 12.5. The van der Waals surface area contributed by atoms with Crippen LogP contribution in [0.1, 0.15) is 38.1 Å². The smallest absolute Gasteiger partial charge is 0.335 e. The SMILES string of the molecule is CC(C)CN(CC(C)C)CC(O)Cn1cnc2c1c(=O)n(C)c(=O)n2C.O=C(O)c1ccccc1. The molecule has 0 saturated carbocycles. The van der Waals surface area contributed by atoms with Crippen molar-refractivity contribution in [3.05, 3.63) is 63.1 Å². The standard InChI is InChI=1S/C18H31N5O3.C7H6O2/c1-12(2)7-22(8-13(3)4)9-14(24)10-23-11-19-16-15(23)17(25)21(6)18(26)20(16)5;8-7(9)6-4-2-1-3-5-6/h11-14,24H,7-10H2,1-6H3;1-5H,(H,8,9). The third-order valence-electron chi connectivity index (χ3n) is 5.36. The lowest BCUT2D eigenvalue weighted by Gasteiger charge is -2.28. The fraction of sp³-hybridized carbons (Fsp3) is 0.520. The predicted molar refractivity (Wildman–Crippen MR) is 136 cm³/mol. The van der Waals surface area contributed by atoms with Crippen LogP contribution in [-0.4, -0.2) is 65.5 Å². The highest BCUT2D eigenvalue weighted by Crippen LogP contribution is 2.09. The van der Waals surface area contributed by atoms with Crippen LogP contribution < -0.4 is 11.2 Å². The summed E-state index contributed by atoms with van der Waals surface area (Å²) in [6, 6.07) is 8.30. The van der Waals surface area contributed by atoms with E-state index in [0.29, 0.717) is 35.1 Å². The number of carboxylic acid groups (broad SMARTS) is 1. The fourth-order valence-electron chi connectivity index (χ4n) is 3.96. The lowest BCUT2D eigenvalue weighted by molar-refractivity contribution is 0.0696. The van der Waals surface area contributed by atoms with E-state index < -0.39 is 23.3 Å². The summed E-state index contributed by atoms with van der Waals surface area (Å²) in [5, 5.41) is 19.0. The number of aromatic nitrogens is 4. The zero-order valence-electron chi connectivity index (χ0n) is 21.4. The van der Waals surface area contributed by atoms with Gasteiger partial charge in [-0.2, -0.15) is 0 Å². The molecule has 10 heteroatoms. The van der Waals surface area contributed by atoms with Crippen molar-refractivity contribution in [3.8, 4) is 0 Å². The number of aliphatic hydroxyl groups is 1. The van der Waals surface area contributed by atoms with Crippen LogP contribution in [-0.2, 0) is 20.6 Å². The van der Waals surface area contributed by atoms with Crippen LogP contribution in [0.3, 0.4) is 0 Å². The number of aromatic carboxylic acids is 1. The number of nitrogens with zero attached hydrogens (tertiary/aromatic N) is 5. The van der Waals surface area contributed by atoms with E-state index in [2.05, 4.69) is 37.6 Å². The lowest BCUT2D eigenvalue weighted by atomic mass is 10.1. The predicted octanol–water partition coefficient (Wildman–Crippen LogP) is 1.79. The largest absolute Gasteiger partial charge is 0.478 e. The number of carboxylic acids is 1. The van der Waals surface area contributed by atoms with Gasteiger partial charge < -0.3 is 19.7 Å². The van der Waals surface area contributed by atoms with E-state index in [0.717, 1.165) is 17.7 Å². The third-order valence-corrected chi connectivity index (χ3v) is 5.36. The minimum Gasteiger partial charge on any atom is -0.478 e. The van der Waals surface area contributed by atoms with Gasteiger partial charge in [-0.1, -0.05) is 45.9 Å². The van der Waals surface area contributed by atoms with Crippen LogP contribution in [0.15, 0.2) is 46.2 Å².